The molecular weight excluding hydrogens is 400 g/mol. The number of Topliss-reactive ketones (excluding diaryl/α,β-unsaturated/α-hetero) is 1. The number of rotatable bonds is 4. The van der Waals surface area contributed by atoms with Crippen molar-refractivity contribution in [3.8, 4) is 11.5 Å². The van der Waals surface area contributed by atoms with E-state index >= 15 is 0 Å². The molecule has 0 aliphatic carbocycles. The number of fused-ring (bicyclic) bond motifs is 1. The van der Waals surface area contributed by atoms with Crippen LogP contribution in [0.25, 0.3) is 5.76 Å². The van der Waals surface area contributed by atoms with Gasteiger partial charge in [0.05, 0.1) is 11.8 Å². The van der Waals surface area contributed by atoms with Gasteiger partial charge in [-0.05, 0) is 42.0 Å². The van der Waals surface area contributed by atoms with Gasteiger partial charge < -0.3 is 23.9 Å². The van der Waals surface area contributed by atoms with E-state index in [0.29, 0.717) is 36.0 Å². The summed E-state index contributed by atoms with van der Waals surface area (Å²) in [5, 5.41) is 11.1. The van der Waals surface area contributed by atoms with Crippen molar-refractivity contribution in [3.05, 3.63) is 83.6 Å². The van der Waals surface area contributed by atoms with Crippen LogP contribution in [0.3, 0.4) is 0 Å². The van der Waals surface area contributed by atoms with Crippen LogP contribution in [0.1, 0.15) is 22.9 Å². The molecule has 31 heavy (non-hydrogen) atoms. The molecule has 1 aromatic carbocycles. The normalized spacial score (nSPS) is 19.6. The number of amides is 1. The molecule has 4 heterocycles. The predicted octanol–water partition coefficient (Wildman–Crippen LogP) is 3.07. The maximum atomic E-state index is 13.0. The summed E-state index contributed by atoms with van der Waals surface area (Å²) in [4.78, 5) is 31.4. The Kier molecular flexibility index (Phi) is 4.66. The molecule has 1 atom stereocenters. The lowest BCUT2D eigenvalue weighted by molar-refractivity contribution is -0.140. The van der Waals surface area contributed by atoms with Gasteiger partial charge in [-0.2, -0.15) is 0 Å². The zero-order chi connectivity index (χ0) is 21.4. The molecule has 5 rings (SSSR count). The van der Waals surface area contributed by atoms with E-state index in [0.717, 1.165) is 5.56 Å². The van der Waals surface area contributed by atoms with Crippen LogP contribution in [0, 0.1) is 0 Å². The number of nitrogens with zero attached hydrogens (tertiary/aromatic N) is 2. The van der Waals surface area contributed by atoms with Crippen LogP contribution < -0.4 is 9.47 Å². The van der Waals surface area contributed by atoms with Crippen LogP contribution in [0.5, 0.6) is 11.5 Å². The van der Waals surface area contributed by atoms with E-state index in [4.69, 9.17) is 13.9 Å². The Morgan fingerprint density at radius 1 is 1.10 bits per heavy atom. The fraction of sp³-hybridized carbons (Fsp3) is 0.174. The number of likely N-dealkylation sites (tertiary alicyclic amines) is 1. The smallest absolute Gasteiger partial charge is 0.296 e. The van der Waals surface area contributed by atoms with E-state index < -0.39 is 17.7 Å². The molecule has 3 aromatic rings. The molecule has 1 N–H and O–H groups in total. The van der Waals surface area contributed by atoms with Gasteiger partial charge in [0.2, 0.25) is 0 Å². The number of ketones is 1. The highest BCUT2D eigenvalue weighted by atomic mass is 16.6. The molecule has 1 saturated heterocycles. The highest BCUT2D eigenvalue weighted by Crippen LogP contribution is 2.41. The van der Waals surface area contributed by atoms with Crippen LogP contribution in [-0.2, 0) is 16.1 Å². The third-order valence-corrected chi connectivity index (χ3v) is 5.24. The molecule has 1 amide bonds. The minimum Gasteiger partial charge on any atom is -0.507 e. The predicted molar refractivity (Wildman–Crippen MR) is 108 cm³/mol. The zero-order valence-corrected chi connectivity index (χ0v) is 16.4. The van der Waals surface area contributed by atoms with Gasteiger partial charge in [-0.3, -0.25) is 14.6 Å². The fourth-order valence-electron chi connectivity index (χ4n) is 3.82. The van der Waals surface area contributed by atoms with Gasteiger partial charge in [0.1, 0.15) is 30.8 Å². The number of pyridine rings is 1. The quantitative estimate of drug-likeness (QED) is 0.395. The van der Waals surface area contributed by atoms with Gasteiger partial charge in [0.25, 0.3) is 11.7 Å². The lowest BCUT2D eigenvalue weighted by atomic mass is 9.99. The number of carbonyl (C=O) groups excluding carboxylic acids is 2. The first kappa shape index (κ1) is 18.9. The number of ether oxygens (including phenoxy) is 2. The van der Waals surface area contributed by atoms with Crippen LogP contribution in [0.4, 0.5) is 0 Å². The number of aromatic nitrogens is 1. The molecule has 8 nitrogen and oxygen atoms in total. The molecule has 0 bridgehead atoms. The summed E-state index contributed by atoms with van der Waals surface area (Å²) in [7, 11) is 0. The number of hydrogen-bond acceptors (Lipinski definition) is 7. The first-order valence-corrected chi connectivity index (χ1v) is 9.74. The lowest BCUT2D eigenvalue weighted by Crippen LogP contribution is -2.29. The topological polar surface area (TPSA) is 102 Å². The number of aliphatic hydroxyl groups is 1. The van der Waals surface area contributed by atoms with Crippen LogP contribution in [0.2, 0.25) is 0 Å². The summed E-state index contributed by atoms with van der Waals surface area (Å²) in [6.45, 7) is 0.969. The summed E-state index contributed by atoms with van der Waals surface area (Å²) in [5.41, 5.74) is 1.06. The highest BCUT2D eigenvalue weighted by molar-refractivity contribution is 6.46. The Hall–Kier alpha value is -4.07. The third kappa shape index (κ3) is 3.31. The van der Waals surface area contributed by atoms with Crippen molar-refractivity contribution in [2.75, 3.05) is 13.2 Å². The van der Waals surface area contributed by atoms with Gasteiger partial charge in [-0.1, -0.05) is 6.07 Å². The average molecular weight is 418 g/mol. The van der Waals surface area contributed by atoms with E-state index in [1.54, 1.807) is 48.8 Å². The van der Waals surface area contributed by atoms with E-state index in [-0.39, 0.29) is 17.9 Å². The zero-order valence-electron chi connectivity index (χ0n) is 16.4. The molecule has 0 spiro atoms. The van der Waals surface area contributed by atoms with Gasteiger partial charge >= 0.3 is 0 Å². The van der Waals surface area contributed by atoms with Crippen molar-refractivity contribution in [2.24, 2.45) is 0 Å². The second-order valence-corrected chi connectivity index (χ2v) is 7.16. The second kappa shape index (κ2) is 7.64. The van der Waals surface area contributed by atoms with Crippen molar-refractivity contribution in [3.63, 3.8) is 0 Å². The SMILES string of the molecule is O=C1C(=O)N(Cc2cccnc2)C(c2ccco2)C1=C(O)c1ccc2c(c1)OCCO2. The molecule has 1 unspecified atom stereocenters. The molecule has 156 valence electrons. The summed E-state index contributed by atoms with van der Waals surface area (Å²) >= 11 is 0. The third-order valence-electron chi connectivity index (χ3n) is 5.24. The standard InChI is InChI=1S/C23H18N2O6/c26-21(15-5-6-16-18(11-15)31-10-9-30-16)19-20(17-4-2-8-29-17)25(23(28)22(19)27)13-14-3-1-7-24-12-14/h1-8,11-12,20,26H,9-10,13H2. The summed E-state index contributed by atoms with van der Waals surface area (Å²) in [6, 6.07) is 10.9. The summed E-state index contributed by atoms with van der Waals surface area (Å²) in [6.07, 6.45) is 4.71. The summed E-state index contributed by atoms with van der Waals surface area (Å²) < 4.78 is 16.6. The summed E-state index contributed by atoms with van der Waals surface area (Å²) in [5.74, 6) is -0.397. The Morgan fingerprint density at radius 3 is 2.68 bits per heavy atom. The number of benzene rings is 1. The van der Waals surface area contributed by atoms with Crippen molar-refractivity contribution in [1.29, 1.82) is 0 Å². The second-order valence-electron chi connectivity index (χ2n) is 7.16. The number of aliphatic hydroxyl groups excluding tert-OH is 1. The highest BCUT2D eigenvalue weighted by Gasteiger charge is 2.47. The first-order valence-electron chi connectivity index (χ1n) is 9.74. The van der Waals surface area contributed by atoms with Crippen LogP contribution >= 0.6 is 0 Å². The van der Waals surface area contributed by atoms with Gasteiger partial charge in [0.15, 0.2) is 11.5 Å². The number of hydrogen-bond donors (Lipinski definition) is 1. The van der Waals surface area contributed by atoms with Gasteiger partial charge in [0, 0.05) is 24.5 Å². The Labute approximate surface area is 177 Å². The van der Waals surface area contributed by atoms with Crippen LogP contribution in [-0.4, -0.2) is 39.9 Å². The van der Waals surface area contributed by atoms with Gasteiger partial charge in [-0.25, -0.2) is 0 Å². The maximum Gasteiger partial charge on any atom is 0.296 e. The maximum absolute atomic E-state index is 13.0. The molecule has 1 fully saturated rings. The lowest BCUT2D eigenvalue weighted by Gasteiger charge is -2.23. The molecule has 2 aromatic heterocycles. The van der Waals surface area contributed by atoms with Crippen molar-refractivity contribution < 1.29 is 28.6 Å². The molecule has 0 radical (unpaired) electrons. The first-order chi connectivity index (χ1) is 15.1. The molecule has 2 aliphatic heterocycles. The average Bonchev–Trinajstić information content (AvgIpc) is 3.42. The van der Waals surface area contributed by atoms with E-state index in [2.05, 4.69) is 4.98 Å². The Morgan fingerprint density at radius 2 is 1.94 bits per heavy atom. The van der Waals surface area contributed by atoms with Crippen molar-refractivity contribution >= 4 is 17.4 Å². The van der Waals surface area contributed by atoms with E-state index in [1.807, 2.05) is 6.07 Å². The molecule has 2 aliphatic rings. The van der Waals surface area contributed by atoms with E-state index in [1.165, 1.54) is 11.2 Å². The number of furan rings is 1. The fourth-order valence-corrected chi connectivity index (χ4v) is 3.82. The minimum atomic E-state index is -0.872. The van der Waals surface area contributed by atoms with Crippen molar-refractivity contribution in [2.45, 2.75) is 12.6 Å². The minimum absolute atomic E-state index is 0.0412. The van der Waals surface area contributed by atoms with Crippen LogP contribution in [0.15, 0.2) is 71.1 Å². The molecule has 8 heteroatoms. The molecule has 0 saturated carbocycles. The van der Waals surface area contributed by atoms with Crippen molar-refractivity contribution in [1.82, 2.24) is 9.88 Å². The van der Waals surface area contributed by atoms with Gasteiger partial charge in [-0.15, -0.1) is 0 Å². The number of carbonyl (C=O) groups is 2. The largest absolute Gasteiger partial charge is 0.507 e. The molecular formula is C23H18N2O6. The Bertz CT molecular complexity index is 1170. The van der Waals surface area contributed by atoms with E-state index in [9.17, 15) is 14.7 Å². The Balaban J connectivity index is 1.60. The monoisotopic (exact) mass is 418 g/mol.